The molecule has 0 unspecified atom stereocenters. The number of quaternary nitrogens is 6. The SMILES string of the molecule is CCOCC.C[N+](C)(C)CCCN1C=CC(c2ccncc2)=CC1.C[N+](C)(C)CCCN1C=CC(c2ccncc2)=CC1.C[N+](C)(C)CCCN1C=CC(c2ccncc2)=CC1.C[N+](C)(C)CCCN1C=CC(c2ccncc2)=CC1.C[N+](C)(C)CCCN1C=CC(c2ccncc2)=CC1.C[N+](C)(C)CCCN1C=CC(c2ccncc2)=CC1.[Cl-].[Cl-].[Cl-].[Cl-].[Cl-].[Cl-]. The van der Waals surface area contributed by atoms with Gasteiger partial charge in [0.15, 0.2) is 0 Å². The highest BCUT2D eigenvalue weighted by atomic mass is 35.5. The number of aromatic nitrogens is 6. The first-order valence-electron chi connectivity index (χ1n) is 43.3. The van der Waals surface area contributed by atoms with Crippen molar-refractivity contribution in [2.45, 2.75) is 52.4 Å². The smallest absolute Gasteiger partial charge is 0.0797 e. The fourth-order valence-electron chi connectivity index (χ4n) is 13.4. The first-order valence-corrected chi connectivity index (χ1v) is 43.3. The Kier molecular flexibility index (Phi) is 58.3. The summed E-state index contributed by atoms with van der Waals surface area (Å²) in [6, 6.07) is 24.7. The van der Waals surface area contributed by atoms with Crippen LogP contribution in [0.15, 0.2) is 257 Å². The van der Waals surface area contributed by atoms with Crippen molar-refractivity contribution in [3.05, 3.63) is 291 Å². The van der Waals surface area contributed by atoms with E-state index in [0.717, 1.165) is 119 Å². The Labute approximate surface area is 794 Å². The number of hydrogen-bond donors (Lipinski definition) is 0. The Morgan fingerprint density at radius 1 is 0.224 bits per heavy atom. The average Bonchev–Trinajstić information content (AvgIpc) is 0.889. The van der Waals surface area contributed by atoms with Gasteiger partial charge in [0.1, 0.15) is 0 Å². The average molecular weight is 1840 g/mol. The third kappa shape index (κ3) is 53.4. The van der Waals surface area contributed by atoms with Gasteiger partial charge in [0.2, 0.25) is 0 Å². The van der Waals surface area contributed by atoms with Gasteiger partial charge < -0.3 is 135 Å². The summed E-state index contributed by atoms with van der Waals surface area (Å²) in [5.74, 6) is 0. The molecule has 0 bridgehead atoms. The van der Waals surface area contributed by atoms with Gasteiger partial charge in [0.25, 0.3) is 0 Å². The summed E-state index contributed by atoms with van der Waals surface area (Å²) in [7, 11) is 40.4. The van der Waals surface area contributed by atoms with Crippen LogP contribution < -0.4 is 74.4 Å². The molecule has 0 atom stereocenters. The normalized spacial score (nSPS) is 14.5. The maximum absolute atomic E-state index is 4.83. The molecule has 19 nitrogen and oxygen atoms in total. The molecule has 6 aliphatic heterocycles. The molecule has 6 aromatic heterocycles. The molecular formula is C100H154Cl6N18O. The molecule has 0 fully saturated rings. The van der Waals surface area contributed by atoms with Crippen LogP contribution in [0.5, 0.6) is 0 Å². The van der Waals surface area contributed by atoms with Crippen LogP contribution in [0.3, 0.4) is 0 Å². The summed E-state index contributed by atoms with van der Waals surface area (Å²) in [6.45, 7) is 25.8. The number of allylic oxidation sites excluding steroid dienone is 12. The van der Waals surface area contributed by atoms with E-state index in [4.69, 9.17) is 4.74 Å². The molecule has 692 valence electrons. The van der Waals surface area contributed by atoms with Crippen LogP contribution in [0, 0.1) is 0 Å². The van der Waals surface area contributed by atoms with Crippen LogP contribution >= 0.6 is 0 Å². The number of rotatable bonds is 32. The van der Waals surface area contributed by atoms with E-state index >= 15 is 0 Å². The summed E-state index contributed by atoms with van der Waals surface area (Å²) in [5, 5.41) is 0. The van der Waals surface area contributed by atoms with Gasteiger partial charge in [-0.3, -0.25) is 29.9 Å². The lowest BCUT2D eigenvalue weighted by molar-refractivity contribution is -0.870. The molecule has 0 N–H and O–H groups in total. The molecule has 12 rings (SSSR count). The number of hydrogen-bond acceptors (Lipinski definition) is 13. The van der Waals surface area contributed by atoms with Gasteiger partial charge in [0.05, 0.1) is 166 Å². The van der Waals surface area contributed by atoms with Crippen molar-refractivity contribution in [1.82, 2.24) is 59.3 Å². The van der Waals surface area contributed by atoms with Crippen LogP contribution in [0.1, 0.15) is 85.8 Å². The van der Waals surface area contributed by atoms with E-state index in [1.54, 1.807) is 0 Å². The first kappa shape index (κ1) is 117. The van der Waals surface area contributed by atoms with E-state index in [0.29, 0.717) is 0 Å². The Morgan fingerprint density at radius 2 is 0.352 bits per heavy atom. The summed E-state index contributed by atoms with van der Waals surface area (Å²) < 4.78 is 11.1. The van der Waals surface area contributed by atoms with E-state index in [-0.39, 0.29) is 74.4 Å². The van der Waals surface area contributed by atoms with Crippen molar-refractivity contribution in [2.24, 2.45) is 0 Å². The second kappa shape index (κ2) is 62.3. The third-order valence-corrected chi connectivity index (χ3v) is 20.2. The lowest BCUT2D eigenvalue weighted by atomic mass is 10.1. The zero-order valence-electron chi connectivity index (χ0n) is 79.4. The van der Waals surface area contributed by atoms with Crippen molar-refractivity contribution >= 4 is 33.4 Å². The van der Waals surface area contributed by atoms with Crippen LogP contribution in [0.4, 0.5) is 0 Å². The fraction of sp³-hybridized carbons (Fsp3) is 0.460. The van der Waals surface area contributed by atoms with Crippen molar-refractivity contribution in [3.8, 4) is 0 Å². The molecule has 0 spiro atoms. The lowest BCUT2D eigenvalue weighted by Gasteiger charge is -2.27. The lowest BCUT2D eigenvalue weighted by Crippen LogP contribution is -3.00. The Balaban J connectivity index is 0.00000145. The molecule has 12 heterocycles. The quantitative estimate of drug-likeness (QED) is 0.0414. The molecule has 0 aromatic carbocycles. The van der Waals surface area contributed by atoms with Crippen molar-refractivity contribution in [2.75, 3.05) is 258 Å². The van der Waals surface area contributed by atoms with E-state index in [1.807, 2.05) is 88.2 Å². The molecule has 125 heavy (non-hydrogen) atoms. The second-order valence-electron chi connectivity index (χ2n) is 37.2. The number of nitrogens with zero attached hydrogens (tertiary/aromatic N) is 18. The standard InChI is InChI=1S/6C16H24N3.C4H10O.6ClH/c6*1-19(2,3)14-4-11-18-12-7-16(8-13-18)15-5-9-17-10-6-15;1-3-5-4-2;;;;;;/h6*5-10,12H,4,11,13-14H2,1-3H3;3-4H2,1-2H3;6*1H/q6*+1;;;;;;;/p-6. The largest absolute Gasteiger partial charge is 1.00 e. The maximum Gasteiger partial charge on any atom is 0.0797 e. The minimum Gasteiger partial charge on any atom is -1.00 e. The zero-order valence-corrected chi connectivity index (χ0v) is 83.9. The first-order chi connectivity index (χ1) is 56.7. The highest BCUT2D eigenvalue weighted by Crippen LogP contribution is 2.25. The topological polar surface area (TPSA) is 106 Å². The summed E-state index contributed by atoms with van der Waals surface area (Å²) in [6.07, 6.45) is 69.7. The fourth-order valence-corrected chi connectivity index (χ4v) is 13.4. The molecule has 0 saturated carbocycles. The predicted octanol–water partition coefficient (Wildman–Crippen LogP) is -2.59. The van der Waals surface area contributed by atoms with Gasteiger partial charge in [-0.1, -0.05) is 36.5 Å². The Hall–Kier alpha value is -7.96. The van der Waals surface area contributed by atoms with Crippen LogP contribution in [-0.4, -0.2) is 344 Å². The van der Waals surface area contributed by atoms with Gasteiger partial charge in [-0.25, -0.2) is 0 Å². The van der Waals surface area contributed by atoms with Crippen LogP contribution in [0.2, 0.25) is 0 Å². The highest BCUT2D eigenvalue weighted by molar-refractivity contribution is 5.78. The third-order valence-electron chi connectivity index (χ3n) is 20.2. The molecule has 0 aliphatic carbocycles. The minimum absolute atomic E-state index is 0. The van der Waals surface area contributed by atoms with Gasteiger partial charge >= 0.3 is 0 Å². The molecule has 6 aliphatic rings. The molecule has 0 radical (unpaired) electrons. The Bertz CT molecular complexity index is 3520. The van der Waals surface area contributed by atoms with Gasteiger partial charge in [-0.15, -0.1) is 0 Å². The highest BCUT2D eigenvalue weighted by Gasteiger charge is 2.17. The van der Waals surface area contributed by atoms with Crippen molar-refractivity contribution in [1.29, 1.82) is 0 Å². The van der Waals surface area contributed by atoms with Gasteiger partial charge in [-0.05, 0) is 227 Å². The summed E-state index contributed by atoms with van der Waals surface area (Å²) in [5.41, 5.74) is 15.3. The molecular weight excluding hydrogens is 1680 g/mol. The minimum atomic E-state index is 0. The van der Waals surface area contributed by atoms with E-state index in [9.17, 15) is 0 Å². The van der Waals surface area contributed by atoms with E-state index in [2.05, 4.69) is 369 Å². The molecule has 25 heteroatoms. The Morgan fingerprint density at radius 3 is 0.440 bits per heavy atom. The van der Waals surface area contributed by atoms with Crippen LogP contribution in [-0.2, 0) is 4.74 Å². The van der Waals surface area contributed by atoms with Crippen molar-refractivity contribution < 1.29 is 106 Å². The molecule has 6 aromatic rings. The van der Waals surface area contributed by atoms with Gasteiger partial charge in [-0.2, -0.15) is 0 Å². The zero-order chi connectivity index (χ0) is 86.4. The van der Waals surface area contributed by atoms with E-state index < -0.39 is 0 Å². The second-order valence-corrected chi connectivity index (χ2v) is 37.2. The van der Waals surface area contributed by atoms with Gasteiger partial charge in [0, 0.05) is 205 Å². The number of halogens is 6. The van der Waals surface area contributed by atoms with Crippen molar-refractivity contribution in [3.63, 3.8) is 0 Å². The van der Waals surface area contributed by atoms with E-state index in [1.165, 1.54) is 145 Å². The number of pyridine rings is 6. The monoisotopic (exact) mass is 1830 g/mol. The summed E-state index contributed by atoms with van der Waals surface area (Å²) in [4.78, 5) is 38.6. The number of ether oxygens (including phenoxy) is 1. The van der Waals surface area contributed by atoms with Crippen LogP contribution in [0.25, 0.3) is 33.4 Å². The predicted molar refractivity (Wildman–Crippen MR) is 505 cm³/mol. The summed E-state index contributed by atoms with van der Waals surface area (Å²) >= 11 is 0. The molecule has 0 saturated heterocycles. The molecule has 0 amide bonds. The maximum atomic E-state index is 4.83.